The van der Waals surface area contributed by atoms with Gasteiger partial charge in [0, 0.05) is 21.5 Å². The van der Waals surface area contributed by atoms with Crippen LogP contribution >= 0.6 is 27.3 Å². The van der Waals surface area contributed by atoms with Gasteiger partial charge in [0.25, 0.3) is 5.91 Å². The largest absolute Gasteiger partial charge is 0.397 e. The van der Waals surface area contributed by atoms with Crippen molar-refractivity contribution in [2.45, 2.75) is 13.5 Å². The van der Waals surface area contributed by atoms with Crippen LogP contribution < -0.4 is 11.1 Å². The first-order chi connectivity index (χ1) is 10.0. The van der Waals surface area contributed by atoms with E-state index in [4.69, 9.17) is 10.3 Å². The van der Waals surface area contributed by atoms with E-state index in [0.29, 0.717) is 22.3 Å². The van der Waals surface area contributed by atoms with E-state index in [9.17, 15) is 4.79 Å². The summed E-state index contributed by atoms with van der Waals surface area (Å²) in [7, 11) is 0. The molecule has 2 aromatic heterocycles. The number of fused-ring (bicyclic) bond motifs is 1. The number of rotatable bonds is 3. The first-order valence-electron chi connectivity index (χ1n) is 6.09. The molecule has 0 radical (unpaired) electrons. The van der Waals surface area contributed by atoms with Gasteiger partial charge in [0.15, 0.2) is 5.82 Å². The highest BCUT2D eigenvalue weighted by molar-refractivity contribution is 9.10. The fourth-order valence-corrected chi connectivity index (χ4v) is 3.50. The summed E-state index contributed by atoms with van der Waals surface area (Å²) < 4.78 is 6.76. The van der Waals surface area contributed by atoms with Gasteiger partial charge in [-0.05, 0) is 12.1 Å². The van der Waals surface area contributed by atoms with Gasteiger partial charge < -0.3 is 15.6 Å². The van der Waals surface area contributed by atoms with Crippen LogP contribution in [-0.4, -0.2) is 16.0 Å². The van der Waals surface area contributed by atoms with Gasteiger partial charge >= 0.3 is 0 Å². The number of aryl methyl sites for hydroxylation is 1. The van der Waals surface area contributed by atoms with Crippen molar-refractivity contribution in [2.75, 3.05) is 5.73 Å². The predicted octanol–water partition coefficient (Wildman–Crippen LogP) is 2.87. The summed E-state index contributed by atoms with van der Waals surface area (Å²) in [5.41, 5.74) is 6.54. The molecule has 0 unspecified atom stereocenters. The van der Waals surface area contributed by atoms with Gasteiger partial charge in [0.05, 0.1) is 12.2 Å². The van der Waals surface area contributed by atoms with Gasteiger partial charge in [0.2, 0.25) is 5.89 Å². The highest BCUT2D eigenvalue weighted by Crippen LogP contribution is 2.35. The second-order valence-corrected chi connectivity index (χ2v) is 6.37. The first-order valence-corrected chi connectivity index (χ1v) is 7.70. The first kappa shape index (κ1) is 14.0. The van der Waals surface area contributed by atoms with E-state index < -0.39 is 0 Å². The molecule has 0 spiro atoms. The summed E-state index contributed by atoms with van der Waals surface area (Å²) >= 11 is 4.76. The van der Waals surface area contributed by atoms with Crippen LogP contribution in [0.25, 0.3) is 10.1 Å². The molecule has 0 aliphatic rings. The fraction of sp³-hybridized carbons (Fsp3) is 0.154. The van der Waals surface area contributed by atoms with Gasteiger partial charge in [-0.2, -0.15) is 4.98 Å². The third-order valence-corrected chi connectivity index (χ3v) is 4.53. The molecule has 3 rings (SSSR count). The maximum atomic E-state index is 12.2. The van der Waals surface area contributed by atoms with E-state index in [1.165, 1.54) is 11.3 Å². The topological polar surface area (TPSA) is 94.0 Å². The number of benzene rings is 1. The van der Waals surface area contributed by atoms with Crippen LogP contribution in [0.1, 0.15) is 21.4 Å². The minimum absolute atomic E-state index is 0.202. The number of amides is 1. The maximum Gasteiger partial charge on any atom is 0.263 e. The number of nitrogen functional groups attached to an aromatic ring is 1. The molecular formula is C13H11BrN4O2S. The number of nitrogens with two attached hydrogens (primary N) is 1. The smallest absolute Gasteiger partial charge is 0.263 e. The molecule has 0 fully saturated rings. The van der Waals surface area contributed by atoms with Crippen molar-refractivity contribution in [1.82, 2.24) is 15.5 Å². The second-order valence-electron chi connectivity index (χ2n) is 4.40. The number of nitrogens with one attached hydrogen (secondary N) is 1. The average molecular weight is 367 g/mol. The number of carbonyl (C=O) groups is 1. The number of hydrogen-bond donors (Lipinski definition) is 2. The Morgan fingerprint density at radius 2 is 2.33 bits per heavy atom. The number of halogens is 1. The number of nitrogens with zero attached hydrogens (tertiary/aromatic N) is 2. The van der Waals surface area contributed by atoms with Crippen molar-refractivity contribution < 1.29 is 9.32 Å². The SMILES string of the molecule is Cc1nc(CNC(=O)c2sc3cc(Br)ccc3c2N)no1. The molecule has 8 heteroatoms. The average Bonchev–Trinajstić information content (AvgIpc) is 3.00. The van der Waals surface area contributed by atoms with Crippen LogP contribution in [0.15, 0.2) is 27.2 Å². The minimum Gasteiger partial charge on any atom is -0.397 e. The van der Waals surface area contributed by atoms with Crippen molar-refractivity contribution in [3.63, 3.8) is 0 Å². The van der Waals surface area contributed by atoms with E-state index in [1.54, 1.807) is 6.92 Å². The van der Waals surface area contributed by atoms with E-state index in [2.05, 4.69) is 31.4 Å². The van der Waals surface area contributed by atoms with Crippen molar-refractivity contribution in [3.8, 4) is 0 Å². The van der Waals surface area contributed by atoms with Gasteiger partial charge in [-0.1, -0.05) is 27.2 Å². The van der Waals surface area contributed by atoms with Crippen LogP contribution in [0.2, 0.25) is 0 Å². The molecular weight excluding hydrogens is 356 g/mol. The van der Waals surface area contributed by atoms with E-state index >= 15 is 0 Å². The van der Waals surface area contributed by atoms with E-state index in [1.807, 2.05) is 18.2 Å². The zero-order chi connectivity index (χ0) is 15.0. The van der Waals surface area contributed by atoms with Crippen LogP contribution in [0.3, 0.4) is 0 Å². The minimum atomic E-state index is -0.243. The molecule has 0 bridgehead atoms. The summed E-state index contributed by atoms with van der Waals surface area (Å²) in [6, 6.07) is 5.73. The Bertz CT molecular complexity index is 827. The van der Waals surface area contributed by atoms with Gasteiger partial charge in [-0.15, -0.1) is 11.3 Å². The molecule has 21 heavy (non-hydrogen) atoms. The van der Waals surface area contributed by atoms with Crippen LogP contribution in [-0.2, 0) is 6.54 Å². The van der Waals surface area contributed by atoms with Crippen molar-refractivity contribution in [1.29, 1.82) is 0 Å². The van der Waals surface area contributed by atoms with Gasteiger partial charge in [0.1, 0.15) is 4.88 Å². The highest BCUT2D eigenvalue weighted by Gasteiger charge is 2.17. The normalized spacial score (nSPS) is 11.0. The third kappa shape index (κ3) is 2.77. The molecule has 1 amide bonds. The summed E-state index contributed by atoms with van der Waals surface area (Å²) in [6.45, 7) is 1.90. The van der Waals surface area contributed by atoms with Crippen molar-refractivity contribution in [3.05, 3.63) is 39.3 Å². The maximum absolute atomic E-state index is 12.2. The van der Waals surface area contributed by atoms with Crippen LogP contribution in [0.4, 0.5) is 5.69 Å². The Balaban J connectivity index is 1.82. The molecule has 0 aliphatic carbocycles. The Kier molecular flexibility index (Phi) is 3.64. The summed E-state index contributed by atoms with van der Waals surface area (Å²) in [6.07, 6.45) is 0. The third-order valence-electron chi connectivity index (χ3n) is 2.87. The number of hydrogen-bond acceptors (Lipinski definition) is 6. The molecule has 3 aromatic rings. The summed E-state index contributed by atoms with van der Waals surface area (Å²) in [5.74, 6) is 0.654. The number of thiophene rings is 1. The number of anilines is 1. The molecule has 3 N–H and O–H groups in total. The zero-order valence-corrected chi connectivity index (χ0v) is 13.4. The number of carbonyl (C=O) groups excluding carboxylic acids is 1. The molecule has 6 nitrogen and oxygen atoms in total. The van der Waals surface area contributed by atoms with E-state index in [-0.39, 0.29) is 12.5 Å². The lowest BCUT2D eigenvalue weighted by Gasteiger charge is -2.00. The Morgan fingerprint density at radius 3 is 3.05 bits per heavy atom. The Hall–Kier alpha value is -1.93. The molecule has 1 aromatic carbocycles. The summed E-state index contributed by atoms with van der Waals surface area (Å²) in [4.78, 5) is 16.7. The molecule has 0 aliphatic heterocycles. The quantitative estimate of drug-likeness (QED) is 0.742. The van der Waals surface area contributed by atoms with Crippen LogP contribution in [0.5, 0.6) is 0 Å². The Labute approximate surface area is 132 Å². The van der Waals surface area contributed by atoms with Crippen LogP contribution in [0, 0.1) is 6.92 Å². The molecule has 0 saturated heterocycles. The lowest BCUT2D eigenvalue weighted by molar-refractivity contribution is 0.0954. The number of aromatic nitrogens is 2. The van der Waals surface area contributed by atoms with Crippen molar-refractivity contribution >= 4 is 48.9 Å². The van der Waals surface area contributed by atoms with Gasteiger partial charge in [-0.3, -0.25) is 4.79 Å². The van der Waals surface area contributed by atoms with Crippen molar-refractivity contribution in [2.24, 2.45) is 0 Å². The highest BCUT2D eigenvalue weighted by atomic mass is 79.9. The van der Waals surface area contributed by atoms with E-state index in [0.717, 1.165) is 14.6 Å². The lowest BCUT2D eigenvalue weighted by Crippen LogP contribution is -2.23. The monoisotopic (exact) mass is 366 g/mol. The second kappa shape index (κ2) is 5.45. The molecule has 108 valence electrons. The molecule has 0 atom stereocenters. The molecule has 2 heterocycles. The molecule has 0 saturated carbocycles. The standard InChI is InChI=1S/C13H11BrN4O2S/c1-6-17-10(18-20-6)5-16-13(19)12-11(15)8-3-2-7(14)4-9(8)21-12/h2-4H,5,15H2,1H3,(H,16,19). The Morgan fingerprint density at radius 1 is 1.52 bits per heavy atom. The van der Waals surface area contributed by atoms with Gasteiger partial charge in [-0.25, -0.2) is 0 Å². The predicted molar refractivity (Wildman–Crippen MR) is 84.1 cm³/mol. The lowest BCUT2D eigenvalue weighted by atomic mass is 10.2. The fourth-order valence-electron chi connectivity index (χ4n) is 1.91. The zero-order valence-electron chi connectivity index (χ0n) is 11.0. The summed E-state index contributed by atoms with van der Waals surface area (Å²) in [5, 5.41) is 7.34.